The fourth-order valence-electron chi connectivity index (χ4n) is 1.02. The third-order valence-electron chi connectivity index (χ3n) is 1.75. The van der Waals surface area contributed by atoms with Gasteiger partial charge in [-0.3, -0.25) is 0 Å². The van der Waals surface area contributed by atoms with Crippen molar-refractivity contribution in [2.75, 3.05) is 18.4 Å². The lowest BCUT2D eigenvalue weighted by Crippen LogP contribution is -2.33. The van der Waals surface area contributed by atoms with Crippen LogP contribution in [-0.2, 0) is 0 Å². The molecule has 15 heavy (non-hydrogen) atoms. The van der Waals surface area contributed by atoms with Gasteiger partial charge in [0.1, 0.15) is 5.82 Å². The Balaban J connectivity index is 2.38. The molecule has 0 unspecified atom stereocenters. The summed E-state index contributed by atoms with van der Waals surface area (Å²) in [5.74, 6) is 0.780. The smallest absolute Gasteiger partial charge is 0.312 e. The molecule has 0 aliphatic carbocycles. The number of hydrogen-bond donors (Lipinski definition) is 3. The number of carbonyl (C=O) groups is 1. The molecule has 82 valence electrons. The normalized spacial score (nSPS) is 9.73. The number of anilines is 1. The topological polar surface area (TPSA) is 80.0 Å². The van der Waals surface area contributed by atoms with Gasteiger partial charge in [-0.1, -0.05) is 0 Å². The van der Waals surface area contributed by atoms with Crippen LogP contribution in [0.1, 0.15) is 5.69 Å². The second-order valence-corrected chi connectivity index (χ2v) is 3.84. The number of urea groups is 1. The Hall–Kier alpha value is -1.30. The third kappa shape index (κ3) is 4.16. The first kappa shape index (κ1) is 11.8. The molecular formula is C9H13BrN4O. The molecular weight excluding hydrogens is 260 g/mol. The van der Waals surface area contributed by atoms with Crippen molar-refractivity contribution >= 4 is 27.8 Å². The number of nitrogens with zero attached hydrogens (tertiary/aromatic N) is 1. The summed E-state index contributed by atoms with van der Waals surface area (Å²) in [5, 5.41) is 5.55. The number of nitrogens with two attached hydrogens (primary N) is 1. The van der Waals surface area contributed by atoms with E-state index in [1.54, 1.807) is 0 Å². The lowest BCUT2D eigenvalue weighted by atomic mass is 10.4. The highest BCUT2D eigenvalue weighted by atomic mass is 79.9. The Bertz CT molecular complexity index is 356. The molecule has 4 N–H and O–H groups in total. The van der Waals surface area contributed by atoms with Crippen molar-refractivity contribution in [2.45, 2.75) is 6.92 Å². The van der Waals surface area contributed by atoms with Crippen molar-refractivity contribution < 1.29 is 4.79 Å². The van der Waals surface area contributed by atoms with Crippen LogP contribution in [0.3, 0.4) is 0 Å². The van der Waals surface area contributed by atoms with Crippen LogP contribution in [0, 0.1) is 6.92 Å². The number of carbonyl (C=O) groups excluding carboxylic acids is 1. The molecule has 0 spiro atoms. The van der Waals surface area contributed by atoms with Gasteiger partial charge in [0.2, 0.25) is 0 Å². The number of pyridine rings is 1. The van der Waals surface area contributed by atoms with E-state index in [1.807, 2.05) is 19.1 Å². The van der Waals surface area contributed by atoms with Gasteiger partial charge in [0.15, 0.2) is 0 Å². The number of aryl methyl sites for hydroxylation is 1. The van der Waals surface area contributed by atoms with Crippen LogP contribution in [0.15, 0.2) is 16.6 Å². The second kappa shape index (κ2) is 5.55. The number of halogens is 1. The number of aromatic nitrogens is 1. The van der Waals surface area contributed by atoms with Crippen molar-refractivity contribution in [3.05, 3.63) is 22.3 Å². The van der Waals surface area contributed by atoms with E-state index in [9.17, 15) is 4.79 Å². The third-order valence-corrected chi connectivity index (χ3v) is 2.59. The van der Waals surface area contributed by atoms with Crippen molar-refractivity contribution in [3.63, 3.8) is 0 Å². The van der Waals surface area contributed by atoms with Crippen molar-refractivity contribution in [2.24, 2.45) is 5.73 Å². The SMILES string of the molecule is Cc1nc(NCCNC(N)=O)ccc1Br. The highest BCUT2D eigenvalue weighted by molar-refractivity contribution is 9.10. The molecule has 0 radical (unpaired) electrons. The van der Waals surface area contributed by atoms with Crippen LogP contribution in [0.2, 0.25) is 0 Å². The predicted molar refractivity (Wildman–Crippen MR) is 62.7 cm³/mol. The van der Waals surface area contributed by atoms with Gasteiger partial charge in [-0.05, 0) is 35.0 Å². The molecule has 0 saturated carbocycles. The standard InChI is InChI=1S/C9H13BrN4O/c1-6-7(10)2-3-8(14-6)12-4-5-13-9(11)15/h2-3H,4-5H2,1H3,(H,12,14)(H3,11,13,15). The molecule has 0 aliphatic heterocycles. The number of rotatable bonds is 4. The molecule has 1 aromatic heterocycles. The van der Waals surface area contributed by atoms with Crippen molar-refractivity contribution in [1.29, 1.82) is 0 Å². The maximum absolute atomic E-state index is 10.4. The highest BCUT2D eigenvalue weighted by Gasteiger charge is 1.98. The van der Waals surface area contributed by atoms with Gasteiger partial charge < -0.3 is 16.4 Å². The first-order chi connectivity index (χ1) is 7.09. The Morgan fingerprint density at radius 2 is 2.27 bits per heavy atom. The average Bonchev–Trinajstić information content (AvgIpc) is 2.18. The summed E-state index contributed by atoms with van der Waals surface area (Å²) in [6, 6.07) is 3.27. The van der Waals surface area contributed by atoms with Crippen LogP contribution in [0.25, 0.3) is 0 Å². The zero-order valence-electron chi connectivity index (χ0n) is 8.38. The van der Waals surface area contributed by atoms with E-state index in [1.165, 1.54) is 0 Å². The molecule has 6 heteroatoms. The van der Waals surface area contributed by atoms with E-state index >= 15 is 0 Å². The van der Waals surface area contributed by atoms with E-state index in [2.05, 4.69) is 31.5 Å². The van der Waals surface area contributed by atoms with Gasteiger partial charge in [0.05, 0.1) is 5.69 Å². The van der Waals surface area contributed by atoms with Crippen LogP contribution in [-0.4, -0.2) is 24.1 Å². The fraction of sp³-hybridized carbons (Fsp3) is 0.333. The van der Waals surface area contributed by atoms with Crippen molar-refractivity contribution in [3.8, 4) is 0 Å². The summed E-state index contributed by atoms with van der Waals surface area (Å²) < 4.78 is 0.975. The Morgan fingerprint density at radius 1 is 1.53 bits per heavy atom. The summed E-state index contributed by atoms with van der Waals surface area (Å²) in [6.07, 6.45) is 0. The van der Waals surface area contributed by atoms with Gasteiger partial charge in [0, 0.05) is 17.6 Å². The second-order valence-electron chi connectivity index (χ2n) is 2.98. The van der Waals surface area contributed by atoms with Crippen LogP contribution in [0.5, 0.6) is 0 Å². The van der Waals surface area contributed by atoms with Crippen molar-refractivity contribution in [1.82, 2.24) is 10.3 Å². The van der Waals surface area contributed by atoms with Gasteiger partial charge in [-0.15, -0.1) is 0 Å². The zero-order valence-corrected chi connectivity index (χ0v) is 9.97. The number of amides is 2. The molecule has 0 aliphatic rings. The Kier molecular flexibility index (Phi) is 4.36. The molecule has 2 amide bonds. The van der Waals surface area contributed by atoms with Crippen LogP contribution < -0.4 is 16.4 Å². The first-order valence-corrected chi connectivity index (χ1v) is 5.29. The maximum Gasteiger partial charge on any atom is 0.312 e. The first-order valence-electron chi connectivity index (χ1n) is 4.50. The number of primary amides is 1. The lowest BCUT2D eigenvalue weighted by Gasteiger charge is -2.07. The van der Waals surface area contributed by atoms with Gasteiger partial charge in [-0.25, -0.2) is 9.78 Å². The summed E-state index contributed by atoms with van der Waals surface area (Å²) in [6.45, 7) is 2.99. The van der Waals surface area contributed by atoms with E-state index < -0.39 is 6.03 Å². The van der Waals surface area contributed by atoms with E-state index in [-0.39, 0.29) is 0 Å². The Labute approximate surface area is 96.6 Å². The summed E-state index contributed by atoms with van der Waals surface area (Å²) in [7, 11) is 0. The molecule has 0 bridgehead atoms. The van der Waals surface area contributed by atoms with Gasteiger partial charge in [0.25, 0.3) is 0 Å². The minimum Gasteiger partial charge on any atom is -0.368 e. The minimum atomic E-state index is -0.517. The summed E-state index contributed by atoms with van der Waals surface area (Å²) in [5.41, 5.74) is 5.84. The molecule has 1 aromatic rings. The average molecular weight is 273 g/mol. The molecule has 0 saturated heterocycles. The zero-order chi connectivity index (χ0) is 11.3. The van der Waals surface area contributed by atoms with Gasteiger partial charge >= 0.3 is 6.03 Å². The highest BCUT2D eigenvalue weighted by Crippen LogP contribution is 2.15. The molecule has 0 atom stereocenters. The minimum absolute atomic E-state index is 0.478. The molecule has 0 aromatic carbocycles. The van der Waals surface area contributed by atoms with Gasteiger partial charge in [-0.2, -0.15) is 0 Å². The van der Waals surface area contributed by atoms with E-state index in [4.69, 9.17) is 5.73 Å². The predicted octanol–water partition coefficient (Wildman–Crippen LogP) is 1.23. The number of nitrogens with one attached hydrogen (secondary N) is 2. The summed E-state index contributed by atoms with van der Waals surface area (Å²) >= 11 is 3.37. The molecule has 5 nitrogen and oxygen atoms in total. The quantitative estimate of drug-likeness (QED) is 0.722. The lowest BCUT2D eigenvalue weighted by molar-refractivity contribution is 0.249. The van der Waals surface area contributed by atoms with Crippen LogP contribution >= 0.6 is 15.9 Å². The van der Waals surface area contributed by atoms with Crippen LogP contribution in [0.4, 0.5) is 10.6 Å². The molecule has 1 rings (SSSR count). The van der Waals surface area contributed by atoms with E-state index in [0.717, 1.165) is 16.0 Å². The largest absolute Gasteiger partial charge is 0.368 e. The molecule has 1 heterocycles. The Morgan fingerprint density at radius 3 is 2.87 bits per heavy atom. The fourth-order valence-corrected chi connectivity index (χ4v) is 1.24. The summed E-state index contributed by atoms with van der Waals surface area (Å²) in [4.78, 5) is 14.7. The van der Waals surface area contributed by atoms with E-state index in [0.29, 0.717) is 13.1 Å². The molecule has 0 fully saturated rings. The number of hydrogen-bond acceptors (Lipinski definition) is 3. The monoisotopic (exact) mass is 272 g/mol. The maximum atomic E-state index is 10.4.